The first-order chi connectivity index (χ1) is 16.7. The molecule has 1 saturated heterocycles. The molecule has 35 heavy (non-hydrogen) atoms. The van der Waals surface area contributed by atoms with Gasteiger partial charge in [-0.2, -0.15) is 18.3 Å². The molecule has 0 spiro atoms. The summed E-state index contributed by atoms with van der Waals surface area (Å²) >= 11 is 6.40. The van der Waals surface area contributed by atoms with Gasteiger partial charge in [-0.15, -0.1) is 0 Å². The molecule has 1 aromatic carbocycles. The summed E-state index contributed by atoms with van der Waals surface area (Å²) in [6, 6.07) is 2.19. The number of rotatable bonds is 7. The van der Waals surface area contributed by atoms with E-state index in [2.05, 4.69) is 15.7 Å². The number of quaternary nitrogens is 1. The molecule has 13 heteroatoms. The van der Waals surface area contributed by atoms with Crippen LogP contribution >= 0.6 is 11.6 Å². The average Bonchev–Trinajstić information content (AvgIpc) is 3.19. The number of benzene rings is 1. The Morgan fingerprint density at radius 2 is 2.00 bits per heavy atom. The Morgan fingerprint density at radius 1 is 1.29 bits per heavy atom. The van der Waals surface area contributed by atoms with Crippen molar-refractivity contribution in [2.45, 2.75) is 24.7 Å². The van der Waals surface area contributed by atoms with Crippen LogP contribution in [0.5, 0.6) is 11.5 Å². The van der Waals surface area contributed by atoms with Crippen LogP contribution in [0.15, 0.2) is 18.2 Å². The molecular formula is C22H28ClF3N5O4+. The van der Waals surface area contributed by atoms with E-state index in [0.29, 0.717) is 43.4 Å². The quantitative estimate of drug-likeness (QED) is 0.518. The molecule has 9 nitrogen and oxygen atoms in total. The van der Waals surface area contributed by atoms with Gasteiger partial charge in [0.05, 0.1) is 46.6 Å². The fourth-order valence-corrected chi connectivity index (χ4v) is 4.63. The number of amides is 1. The molecule has 2 aliphatic rings. The summed E-state index contributed by atoms with van der Waals surface area (Å²) in [7, 11) is 2.93. The first-order valence-electron chi connectivity index (χ1n) is 11.3. The Kier molecular flexibility index (Phi) is 7.62. The normalized spacial score (nSPS) is 20.6. The van der Waals surface area contributed by atoms with E-state index >= 15 is 0 Å². The minimum atomic E-state index is -4.60. The maximum atomic E-state index is 14.0. The fourth-order valence-electron chi connectivity index (χ4n) is 4.37. The maximum Gasteiger partial charge on any atom is 0.410 e. The molecule has 0 radical (unpaired) electrons. The van der Waals surface area contributed by atoms with Gasteiger partial charge >= 0.3 is 6.18 Å². The fraction of sp³-hybridized carbons (Fsp3) is 0.545. The molecule has 3 heterocycles. The number of hydrogen-bond acceptors (Lipinski definition) is 6. The van der Waals surface area contributed by atoms with Crippen LogP contribution in [0.4, 0.5) is 19.0 Å². The van der Waals surface area contributed by atoms with Crippen LogP contribution in [-0.4, -0.2) is 75.5 Å². The highest BCUT2D eigenvalue weighted by Crippen LogP contribution is 2.47. The van der Waals surface area contributed by atoms with Crippen LogP contribution in [0, 0.1) is 0 Å². The van der Waals surface area contributed by atoms with E-state index in [1.54, 1.807) is 18.2 Å². The third-order valence-electron chi connectivity index (χ3n) is 6.28. The van der Waals surface area contributed by atoms with Crippen molar-refractivity contribution in [3.05, 3.63) is 34.5 Å². The van der Waals surface area contributed by atoms with E-state index in [-0.39, 0.29) is 23.0 Å². The van der Waals surface area contributed by atoms with Crippen molar-refractivity contribution in [3.8, 4) is 11.5 Å². The lowest BCUT2D eigenvalue weighted by atomic mass is 9.96. The third kappa shape index (κ3) is 5.44. The van der Waals surface area contributed by atoms with E-state index in [1.807, 2.05) is 0 Å². The number of methoxy groups -OCH3 is 2. The second-order valence-electron chi connectivity index (χ2n) is 8.43. The predicted octanol–water partition coefficient (Wildman–Crippen LogP) is 1.86. The van der Waals surface area contributed by atoms with Crippen LogP contribution in [-0.2, 0) is 4.74 Å². The highest BCUT2D eigenvalue weighted by molar-refractivity contribution is 6.36. The Morgan fingerprint density at radius 3 is 2.66 bits per heavy atom. The van der Waals surface area contributed by atoms with Crippen LogP contribution in [0.2, 0.25) is 5.02 Å². The summed E-state index contributed by atoms with van der Waals surface area (Å²) in [6.45, 7) is 4.01. The van der Waals surface area contributed by atoms with Crippen molar-refractivity contribution in [2.75, 3.05) is 58.9 Å². The predicted molar refractivity (Wildman–Crippen MR) is 122 cm³/mol. The van der Waals surface area contributed by atoms with Crippen molar-refractivity contribution in [3.63, 3.8) is 0 Å². The summed E-state index contributed by atoms with van der Waals surface area (Å²) in [5.74, 6) is 0.183. The molecule has 2 aromatic rings. The Hall–Kier alpha value is -2.70. The Labute approximate surface area is 205 Å². The molecule has 0 saturated carbocycles. The van der Waals surface area contributed by atoms with Gasteiger partial charge in [-0.25, -0.2) is 4.68 Å². The van der Waals surface area contributed by atoms with E-state index in [4.69, 9.17) is 25.8 Å². The van der Waals surface area contributed by atoms with Crippen molar-refractivity contribution in [1.29, 1.82) is 0 Å². The Balaban J connectivity index is 1.56. The van der Waals surface area contributed by atoms with Crippen molar-refractivity contribution >= 4 is 23.3 Å². The molecule has 0 bridgehead atoms. The molecule has 1 aromatic heterocycles. The maximum absolute atomic E-state index is 14.0. The first-order valence-corrected chi connectivity index (χ1v) is 11.6. The van der Waals surface area contributed by atoms with Gasteiger partial charge in [-0.05, 0) is 17.7 Å². The van der Waals surface area contributed by atoms with E-state index in [9.17, 15) is 18.0 Å². The highest BCUT2D eigenvalue weighted by Gasteiger charge is 2.48. The summed E-state index contributed by atoms with van der Waals surface area (Å²) in [6.07, 6.45) is -4.94. The second kappa shape index (κ2) is 10.5. The smallest absolute Gasteiger partial charge is 0.410 e. The summed E-state index contributed by atoms with van der Waals surface area (Å²) in [4.78, 5) is 14.0. The first kappa shape index (κ1) is 25.4. The van der Waals surface area contributed by atoms with E-state index < -0.39 is 24.2 Å². The van der Waals surface area contributed by atoms with Crippen LogP contribution in [0.25, 0.3) is 0 Å². The molecule has 2 aliphatic heterocycles. The lowest BCUT2D eigenvalue weighted by Gasteiger charge is -2.33. The number of hydrogen-bond donors (Lipinski definition) is 3. The number of ether oxygens (including phenoxy) is 3. The van der Waals surface area contributed by atoms with Crippen LogP contribution < -0.4 is 25.0 Å². The highest BCUT2D eigenvalue weighted by atomic mass is 35.5. The number of carbonyl (C=O) groups is 1. The molecule has 1 amide bonds. The lowest BCUT2D eigenvalue weighted by Crippen LogP contribution is -3.14. The van der Waals surface area contributed by atoms with E-state index in [1.165, 1.54) is 19.1 Å². The summed E-state index contributed by atoms with van der Waals surface area (Å²) in [5.41, 5.74) is 0.313. The van der Waals surface area contributed by atoms with Crippen molar-refractivity contribution < 1.29 is 37.1 Å². The molecule has 2 unspecified atom stereocenters. The van der Waals surface area contributed by atoms with Crippen molar-refractivity contribution in [1.82, 2.24) is 15.1 Å². The lowest BCUT2D eigenvalue weighted by molar-refractivity contribution is -0.906. The number of nitrogens with zero attached hydrogens (tertiary/aromatic N) is 2. The standard InChI is InChI=1S/C22H27ClF3N5O4/c1-33-15-4-3-13(11-16(15)34-2)14-12-17(22(24,25)26)31-20(28-14)18(23)19(29-31)21(32)27-5-6-30-7-9-35-10-8-30/h3-4,11,14,17,28H,5-10,12H2,1-2H3,(H,27,32)/p+1. The van der Waals surface area contributed by atoms with Gasteiger partial charge in [0, 0.05) is 6.42 Å². The monoisotopic (exact) mass is 518 g/mol. The number of alkyl halides is 3. The molecule has 0 aliphatic carbocycles. The number of halogens is 4. The molecule has 3 N–H and O–H groups in total. The number of carbonyl (C=O) groups excluding carboxylic acids is 1. The SMILES string of the molecule is COc1ccc(C2CC(C(F)(F)F)n3nc(C(=O)NCC[NH+]4CCOCC4)c(Cl)c3N2)cc1OC. The molecule has 2 atom stereocenters. The zero-order chi connectivity index (χ0) is 25.2. The van der Waals surface area contributed by atoms with Gasteiger partial charge in [0.2, 0.25) is 0 Å². The topological polar surface area (TPSA) is 91.1 Å². The minimum Gasteiger partial charge on any atom is -0.493 e. The number of anilines is 1. The third-order valence-corrected chi connectivity index (χ3v) is 6.64. The van der Waals surface area contributed by atoms with Crippen LogP contribution in [0.1, 0.15) is 34.6 Å². The number of fused-ring (bicyclic) bond motifs is 1. The summed E-state index contributed by atoms with van der Waals surface area (Å²) in [5, 5.41) is 9.57. The average molecular weight is 519 g/mol. The second-order valence-corrected chi connectivity index (χ2v) is 8.81. The molecular weight excluding hydrogens is 491 g/mol. The molecule has 192 valence electrons. The van der Waals surface area contributed by atoms with Gasteiger partial charge < -0.3 is 29.7 Å². The zero-order valence-electron chi connectivity index (χ0n) is 19.4. The summed E-state index contributed by atoms with van der Waals surface area (Å²) < 4.78 is 58.7. The van der Waals surface area contributed by atoms with Gasteiger partial charge in [0.25, 0.3) is 5.91 Å². The van der Waals surface area contributed by atoms with Gasteiger partial charge in [-0.1, -0.05) is 17.7 Å². The number of nitrogens with one attached hydrogen (secondary N) is 3. The Bertz CT molecular complexity index is 1060. The van der Waals surface area contributed by atoms with Gasteiger partial charge in [0.15, 0.2) is 23.2 Å². The molecule has 1 fully saturated rings. The van der Waals surface area contributed by atoms with Gasteiger partial charge in [0.1, 0.15) is 23.9 Å². The van der Waals surface area contributed by atoms with Crippen molar-refractivity contribution in [2.24, 2.45) is 0 Å². The van der Waals surface area contributed by atoms with Gasteiger partial charge in [-0.3, -0.25) is 4.79 Å². The van der Waals surface area contributed by atoms with Crippen LogP contribution in [0.3, 0.4) is 0 Å². The minimum absolute atomic E-state index is 0.0519. The number of morpholine rings is 1. The molecule has 4 rings (SSSR count). The zero-order valence-corrected chi connectivity index (χ0v) is 20.1. The number of aromatic nitrogens is 2. The van der Waals surface area contributed by atoms with E-state index in [0.717, 1.165) is 17.8 Å². The largest absolute Gasteiger partial charge is 0.493 e.